The lowest BCUT2D eigenvalue weighted by atomic mass is 10.1. The van der Waals surface area contributed by atoms with Crippen molar-refractivity contribution in [2.75, 3.05) is 5.32 Å². The molecule has 2 aromatic carbocycles. The third-order valence-electron chi connectivity index (χ3n) is 3.49. The Bertz CT molecular complexity index is 940. The molecule has 24 heavy (non-hydrogen) atoms. The maximum Gasteiger partial charge on any atom is 0.326 e. The molecular weight excluding hydrogens is 308 g/mol. The number of rotatable bonds is 3. The van der Waals surface area contributed by atoms with E-state index in [1.165, 1.54) is 0 Å². The number of aromatic nitrogens is 1. The summed E-state index contributed by atoms with van der Waals surface area (Å²) in [5.74, 6) is -0.436. The van der Waals surface area contributed by atoms with Gasteiger partial charge in [0.2, 0.25) is 0 Å². The van der Waals surface area contributed by atoms with E-state index in [1.54, 1.807) is 6.08 Å². The number of carbonyl (C=O) groups excluding carboxylic acids is 2. The van der Waals surface area contributed by atoms with E-state index >= 15 is 0 Å². The van der Waals surface area contributed by atoms with Gasteiger partial charge in [-0.1, -0.05) is 24.3 Å². The lowest BCUT2D eigenvalue weighted by Crippen LogP contribution is -2.22. The molecule has 0 atom stereocenters. The highest BCUT2D eigenvalue weighted by Gasteiger charge is 2.22. The molecule has 3 aromatic rings. The van der Waals surface area contributed by atoms with E-state index in [0.717, 1.165) is 16.8 Å². The number of benzene rings is 2. The van der Waals surface area contributed by atoms with Crippen LogP contribution in [0.3, 0.4) is 0 Å². The second kappa shape index (κ2) is 5.54. The van der Waals surface area contributed by atoms with E-state index in [9.17, 15) is 9.59 Å². The molecule has 1 aromatic heterocycles. The number of urea groups is 1. The Morgan fingerprint density at radius 3 is 2.50 bits per heavy atom. The normalized spacial score (nSPS) is 15.6. The Balaban J connectivity index is 1.52. The fraction of sp³-hybridized carbons (Fsp3) is 0. The molecule has 3 amide bonds. The first-order valence-corrected chi connectivity index (χ1v) is 7.24. The molecule has 1 saturated heterocycles. The number of nitrogens with zero attached hydrogens (tertiary/aromatic N) is 1. The molecule has 0 unspecified atom stereocenters. The molecule has 0 saturated carbocycles. The average molecular weight is 320 g/mol. The van der Waals surface area contributed by atoms with Crippen molar-refractivity contribution in [2.45, 2.75) is 0 Å². The topological polar surface area (TPSA) is 96.3 Å². The van der Waals surface area contributed by atoms with Gasteiger partial charge in [-0.15, -0.1) is 0 Å². The van der Waals surface area contributed by atoms with Crippen molar-refractivity contribution in [3.05, 3.63) is 59.8 Å². The van der Waals surface area contributed by atoms with E-state index in [2.05, 4.69) is 20.9 Å². The van der Waals surface area contributed by atoms with E-state index in [0.29, 0.717) is 11.6 Å². The maximum atomic E-state index is 11.5. The van der Waals surface area contributed by atoms with Gasteiger partial charge in [0.25, 0.3) is 11.9 Å². The summed E-state index contributed by atoms with van der Waals surface area (Å²) in [4.78, 5) is 26.9. The van der Waals surface area contributed by atoms with Gasteiger partial charge in [-0.2, -0.15) is 4.98 Å². The third kappa shape index (κ3) is 2.70. The highest BCUT2D eigenvalue weighted by atomic mass is 16.4. The quantitative estimate of drug-likeness (QED) is 0.509. The number of fused-ring (bicyclic) bond motifs is 1. The smallest absolute Gasteiger partial charge is 0.326 e. The van der Waals surface area contributed by atoms with Gasteiger partial charge in [-0.3, -0.25) is 10.1 Å². The third-order valence-corrected chi connectivity index (χ3v) is 3.49. The minimum atomic E-state index is -0.513. The first-order valence-electron chi connectivity index (χ1n) is 7.24. The fourth-order valence-corrected chi connectivity index (χ4v) is 2.36. The molecule has 0 aliphatic carbocycles. The molecule has 2 heterocycles. The van der Waals surface area contributed by atoms with Gasteiger partial charge < -0.3 is 15.1 Å². The van der Waals surface area contributed by atoms with E-state index in [4.69, 9.17) is 4.42 Å². The summed E-state index contributed by atoms with van der Waals surface area (Å²) in [6.07, 6.45) is 1.60. The summed E-state index contributed by atoms with van der Waals surface area (Å²) < 4.78 is 5.60. The molecule has 0 radical (unpaired) electrons. The molecule has 0 spiro atoms. The van der Waals surface area contributed by atoms with Crippen LogP contribution in [0, 0.1) is 0 Å². The molecule has 1 fully saturated rings. The zero-order chi connectivity index (χ0) is 16.5. The van der Waals surface area contributed by atoms with Gasteiger partial charge in [0, 0.05) is 5.69 Å². The Kier molecular flexibility index (Phi) is 3.24. The molecule has 3 N–H and O–H groups in total. The molecule has 0 bridgehead atoms. The SMILES string of the molecule is O=C1NC(=O)/C(=C\c2ccc(Nc3nc4ccccc4o3)cc2)N1. The minimum Gasteiger partial charge on any atom is -0.423 e. The summed E-state index contributed by atoms with van der Waals surface area (Å²) >= 11 is 0. The number of para-hydroxylation sites is 2. The second-order valence-electron chi connectivity index (χ2n) is 5.20. The number of oxazole rings is 1. The first-order chi connectivity index (χ1) is 11.7. The molecule has 4 rings (SSSR count). The van der Waals surface area contributed by atoms with Gasteiger partial charge in [-0.25, -0.2) is 4.79 Å². The largest absolute Gasteiger partial charge is 0.423 e. The Morgan fingerprint density at radius 1 is 1.00 bits per heavy atom. The van der Waals surface area contributed by atoms with Gasteiger partial charge in [0.05, 0.1) is 0 Å². The van der Waals surface area contributed by atoms with E-state index < -0.39 is 11.9 Å². The summed E-state index contributed by atoms with van der Waals surface area (Å²) in [6, 6.07) is 14.7. The summed E-state index contributed by atoms with van der Waals surface area (Å²) in [5.41, 5.74) is 3.29. The average Bonchev–Trinajstić information content (AvgIpc) is 3.11. The number of hydrogen-bond acceptors (Lipinski definition) is 5. The summed E-state index contributed by atoms with van der Waals surface area (Å²) in [6.45, 7) is 0. The van der Waals surface area contributed by atoms with Crippen molar-refractivity contribution < 1.29 is 14.0 Å². The van der Waals surface area contributed by atoms with Crippen molar-refractivity contribution >= 4 is 40.8 Å². The standard InChI is InChI=1S/C17H12N4O3/c22-15-13(19-16(23)21-15)9-10-5-7-11(8-6-10)18-17-20-12-3-1-2-4-14(12)24-17/h1-9H,(H,18,20)(H2,19,21,22,23)/b13-9+. The lowest BCUT2D eigenvalue weighted by Gasteiger charge is -2.02. The van der Waals surface area contributed by atoms with Gasteiger partial charge in [0.1, 0.15) is 11.2 Å². The molecule has 118 valence electrons. The van der Waals surface area contributed by atoms with Crippen LogP contribution >= 0.6 is 0 Å². The van der Waals surface area contributed by atoms with Crippen LogP contribution in [0.5, 0.6) is 0 Å². The fourth-order valence-electron chi connectivity index (χ4n) is 2.36. The molecule has 7 heteroatoms. The van der Waals surface area contributed by atoms with Crippen molar-refractivity contribution in [3.8, 4) is 0 Å². The Morgan fingerprint density at radius 2 is 1.79 bits per heavy atom. The summed E-state index contributed by atoms with van der Waals surface area (Å²) in [7, 11) is 0. The van der Waals surface area contributed by atoms with Crippen LogP contribution in [0.1, 0.15) is 5.56 Å². The monoisotopic (exact) mass is 320 g/mol. The van der Waals surface area contributed by atoms with Gasteiger partial charge in [-0.05, 0) is 35.9 Å². The lowest BCUT2D eigenvalue weighted by molar-refractivity contribution is -0.115. The number of imide groups is 1. The van der Waals surface area contributed by atoms with Gasteiger partial charge >= 0.3 is 6.03 Å². The van der Waals surface area contributed by atoms with Crippen LogP contribution in [0.4, 0.5) is 16.5 Å². The molecule has 1 aliphatic rings. The number of hydrogen-bond donors (Lipinski definition) is 3. The van der Waals surface area contributed by atoms with Crippen LogP contribution in [-0.2, 0) is 4.79 Å². The van der Waals surface area contributed by atoms with Crippen LogP contribution in [0.15, 0.2) is 58.6 Å². The zero-order valence-corrected chi connectivity index (χ0v) is 12.4. The maximum absolute atomic E-state index is 11.5. The molecule has 7 nitrogen and oxygen atoms in total. The highest BCUT2D eigenvalue weighted by Crippen LogP contribution is 2.22. The number of nitrogens with one attached hydrogen (secondary N) is 3. The number of amides is 3. The van der Waals surface area contributed by atoms with Crippen LogP contribution in [0.2, 0.25) is 0 Å². The highest BCUT2D eigenvalue weighted by molar-refractivity contribution is 6.13. The van der Waals surface area contributed by atoms with Crippen LogP contribution in [-0.4, -0.2) is 16.9 Å². The zero-order valence-electron chi connectivity index (χ0n) is 12.4. The van der Waals surface area contributed by atoms with Gasteiger partial charge in [0.15, 0.2) is 5.58 Å². The predicted octanol–water partition coefficient (Wildman–Crippen LogP) is 2.75. The Labute approximate surface area is 136 Å². The molecular formula is C17H12N4O3. The van der Waals surface area contributed by atoms with E-state index in [-0.39, 0.29) is 5.70 Å². The van der Waals surface area contributed by atoms with E-state index in [1.807, 2.05) is 48.5 Å². The Hall–Kier alpha value is -3.61. The van der Waals surface area contributed by atoms with Crippen LogP contribution in [0.25, 0.3) is 17.2 Å². The number of anilines is 2. The van der Waals surface area contributed by atoms with Crippen molar-refractivity contribution in [1.29, 1.82) is 0 Å². The van der Waals surface area contributed by atoms with Crippen molar-refractivity contribution in [2.24, 2.45) is 0 Å². The van der Waals surface area contributed by atoms with Crippen molar-refractivity contribution in [3.63, 3.8) is 0 Å². The number of carbonyl (C=O) groups is 2. The first kappa shape index (κ1) is 14.0. The minimum absolute atomic E-state index is 0.222. The van der Waals surface area contributed by atoms with Crippen molar-refractivity contribution in [1.82, 2.24) is 15.6 Å². The second-order valence-corrected chi connectivity index (χ2v) is 5.20. The van der Waals surface area contributed by atoms with Crippen LogP contribution < -0.4 is 16.0 Å². The summed E-state index contributed by atoms with van der Waals surface area (Å²) in [5, 5.41) is 7.68. The predicted molar refractivity (Wildman–Crippen MR) is 88.4 cm³/mol. The molecule has 1 aliphatic heterocycles.